The lowest BCUT2D eigenvalue weighted by Gasteiger charge is -2.18. The van der Waals surface area contributed by atoms with E-state index in [1.807, 2.05) is 13.8 Å². The number of hydrogen-bond donors (Lipinski definition) is 1. The van der Waals surface area contributed by atoms with E-state index in [1.54, 1.807) is 42.6 Å². The Morgan fingerprint density at radius 2 is 1.73 bits per heavy atom. The van der Waals surface area contributed by atoms with Crippen molar-refractivity contribution in [2.75, 3.05) is 18.4 Å². The zero-order valence-electron chi connectivity index (χ0n) is 14.6. The van der Waals surface area contributed by atoms with Crippen molar-refractivity contribution in [1.82, 2.24) is 9.29 Å². The highest BCUT2D eigenvalue weighted by atomic mass is 32.2. The number of pyridine rings is 1. The monoisotopic (exact) mass is 373 g/mol. The van der Waals surface area contributed by atoms with Crippen molar-refractivity contribution in [1.29, 1.82) is 0 Å². The Hall–Kier alpha value is -2.51. The third kappa shape index (κ3) is 3.54. The van der Waals surface area contributed by atoms with Crippen LogP contribution in [0.15, 0.2) is 59.6 Å². The fourth-order valence-electron chi connectivity index (χ4n) is 2.81. The number of nitrogens with one attached hydrogen (secondary N) is 1. The molecule has 1 N–H and O–H groups in total. The number of aromatic nitrogens is 1. The minimum absolute atomic E-state index is 0.248. The standard InChI is InChI=1S/C19H20FN3O2S/c1-3-23(4-2)26(24,25)16-8-6-15(7-9-16)22-19-11-12-21-18-10-5-14(20)13-17(18)19/h5-13H,3-4H2,1-2H3,(H,21,22). The molecule has 3 rings (SSSR count). The zero-order chi connectivity index (χ0) is 18.7. The van der Waals surface area contributed by atoms with Gasteiger partial charge in [-0.1, -0.05) is 13.8 Å². The number of sulfonamides is 1. The molecule has 0 saturated carbocycles. The molecular weight excluding hydrogens is 353 g/mol. The number of halogens is 1. The molecule has 136 valence electrons. The fraction of sp³-hybridized carbons (Fsp3) is 0.211. The van der Waals surface area contributed by atoms with Gasteiger partial charge in [0.05, 0.1) is 10.4 Å². The summed E-state index contributed by atoms with van der Waals surface area (Å²) in [5.41, 5.74) is 2.09. The van der Waals surface area contributed by atoms with E-state index in [0.29, 0.717) is 35.4 Å². The SMILES string of the molecule is CCN(CC)S(=O)(=O)c1ccc(Nc2ccnc3ccc(F)cc23)cc1. The number of rotatable bonds is 6. The number of hydrogen-bond acceptors (Lipinski definition) is 4. The van der Waals surface area contributed by atoms with Crippen LogP contribution >= 0.6 is 0 Å². The minimum atomic E-state index is -3.49. The molecule has 0 radical (unpaired) electrons. The van der Waals surface area contributed by atoms with E-state index in [9.17, 15) is 12.8 Å². The zero-order valence-corrected chi connectivity index (χ0v) is 15.4. The van der Waals surface area contributed by atoms with Crippen molar-refractivity contribution >= 4 is 32.3 Å². The van der Waals surface area contributed by atoms with E-state index in [0.717, 1.165) is 0 Å². The molecule has 0 saturated heterocycles. The first-order chi connectivity index (χ1) is 12.5. The van der Waals surface area contributed by atoms with Crippen LogP contribution in [-0.4, -0.2) is 30.8 Å². The van der Waals surface area contributed by atoms with Crippen LogP contribution < -0.4 is 5.32 Å². The lowest BCUT2D eigenvalue weighted by Crippen LogP contribution is -2.30. The Morgan fingerprint density at radius 1 is 1.04 bits per heavy atom. The third-order valence-electron chi connectivity index (χ3n) is 4.18. The van der Waals surface area contributed by atoms with E-state index in [4.69, 9.17) is 0 Å². The van der Waals surface area contributed by atoms with Crippen LogP contribution in [-0.2, 0) is 10.0 Å². The van der Waals surface area contributed by atoms with Gasteiger partial charge in [0.1, 0.15) is 5.82 Å². The summed E-state index contributed by atoms with van der Waals surface area (Å²) >= 11 is 0. The maximum atomic E-state index is 13.6. The summed E-state index contributed by atoms with van der Waals surface area (Å²) in [5, 5.41) is 3.85. The molecule has 1 aromatic heterocycles. The summed E-state index contributed by atoms with van der Waals surface area (Å²) in [4.78, 5) is 4.47. The average Bonchev–Trinajstić information content (AvgIpc) is 2.63. The Balaban J connectivity index is 1.90. The van der Waals surface area contributed by atoms with Crippen molar-refractivity contribution in [3.8, 4) is 0 Å². The smallest absolute Gasteiger partial charge is 0.243 e. The molecule has 7 heteroatoms. The molecule has 5 nitrogen and oxygen atoms in total. The molecule has 1 heterocycles. The molecule has 0 aliphatic carbocycles. The quantitative estimate of drug-likeness (QED) is 0.705. The first kappa shape index (κ1) is 18.3. The summed E-state index contributed by atoms with van der Waals surface area (Å²) in [6.45, 7) is 4.47. The molecule has 0 spiro atoms. The summed E-state index contributed by atoms with van der Waals surface area (Å²) < 4.78 is 40.0. The van der Waals surface area contributed by atoms with Gasteiger partial charge in [0.2, 0.25) is 10.0 Å². The van der Waals surface area contributed by atoms with Crippen LogP contribution in [0.1, 0.15) is 13.8 Å². The van der Waals surface area contributed by atoms with Gasteiger partial charge in [-0.15, -0.1) is 0 Å². The summed E-state index contributed by atoms with van der Waals surface area (Å²) in [6, 6.07) is 12.7. The molecule has 0 aliphatic rings. The summed E-state index contributed by atoms with van der Waals surface area (Å²) in [7, 11) is -3.49. The van der Waals surface area contributed by atoms with E-state index in [-0.39, 0.29) is 10.7 Å². The molecule has 26 heavy (non-hydrogen) atoms. The van der Waals surface area contributed by atoms with Crippen LogP contribution in [0.3, 0.4) is 0 Å². The highest BCUT2D eigenvalue weighted by Gasteiger charge is 2.21. The van der Waals surface area contributed by atoms with Gasteiger partial charge >= 0.3 is 0 Å². The normalized spacial score (nSPS) is 11.8. The van der Waals surface area contributed by atoms with Crippen LogP contribution in [0.4, 0.5) is 15.8 Å². The second-order valence-electron chi connectivity index (χ2n) is 5.76. The predicted molar refractivity (Wildman–Crippen MR) is 102 cm³/mol. The van der Waals surface area contributed by atoms with Crippen LogP contribution in [0, 0.1) is 5.82 Å². The highest BCUT2D eigenvalue weighted by molar-refractivity contribution is 7.89. The molecule has 0 bridgehead atoms. The second-order valence-corrected chi connectivity index (χ2v) is 7.70. The molecule has 0 atom stereocenters. The average molecular weight is 373 g/mol. The van der Waals surface area contributed by atoms with Crippen molar-refractivity contribution in [3.05, 3.63) is 60.5 Å². The topological polar surface area (TPSA) is 62.3 Å². The summed E-state index contributed by atoms with van der Waals surface area (Å²) in [5.74, 6) is -0.339. The largest absolute Gasteiger partial charge is 0.355 e. The van der Waals surface area contributed by atoms with Gasteiger partial charge in [-0.05, 0) is 48.5 Å². The fourth-order valence-corrected chi connectivity index (χ4v) is 4.26. The van der Waals surface area contributed by atoms with E-state index >= 15 is 0 Å². The Bertz CT molecular complexity index is 1020. The van der Waals surface area contributed by atoms with Crippen molar-refractivity contribution in [2.24, 2.45) is 0 Å². The van der Waals surface area contributed by atoms with E-state index < -0.39 is 10.0 Å². The summed E-state index contributed by atoms with van der Waals surface area (Å²) in [6.07, 6.45) is 1.64. The van der Waals surface area contributed by atoms with E-state index in [2.05, 4.69) is 10.3 Å². The van der Waals surface area contributed by atoms with Gasteiger partial charge < -0.3 is 5.32 Å². The molecule has 3 aromatic rings. The first-order valence-corrected chi connectivity index (χ1v) is 9.81. The number of benzene rings is 2. The van der Waals surface area contributed by atoms with Crippen LogP contribution in [0.5, 0.6) is 0 Å². The number of nitrogens with zero attached hydrogens (tertiary/aromatic N) is 2. The third-order valence-corrected chi connectivity index (χ3v) is 6.24. The lowest BCUT2D eigenvalue weighted by atomic mass is 10.1. The number of anilines is 2. The van der Waals surface area contributed by atoms with Gasteiger partial charge in [-0.3, -0.25) is 4.98 Å². The van der Waals surface area contributed by atoms with Gasteiger partial charge in [0.15, 0.2) is 0 Å². The Labute approximate surface area is 152 Å². The number of fused-ring (bicyclic) bond motifs is 1. The predicted octanol–water partition coefficient (Wildman–Crippen LogP) is 4.15. The molecule has 2 aromatic carbocycles. The van der Waals surface area contributed by atoms with Crippen LogP contribution in [0.25, 0.3) is 10.9 Å². The van der Waals surface area contributed by atoms with Gasteiger partial charge in [-0.2, -0.15) is 4.31 Å². The second kappa shape index (κ2) is 7.39. The van der Waals surface area contributed by atoms with Crippen LogP contribution in [0.2, 0.25) is 0 Å². The maximum absolute atomic E-state index is 13.6. The Morgan fingerprint density at radius 3 is 2.38 bits per heavy atom. The molecule has 0 fully saturated rings. The van der Waals surface area contributed by atoms with Crippen molar-refractivity contribution < 1.29 is 12.8 Å². The van der Waals surface area contributed by atoms with Gasteiger partial charge in [-0.25, -0.2) is 12.8 Å². The molecule has 0 unspecified atom stereocenters. The first-order valence-electron chi connectivity index (χ1n) is 8.37. The molecule has 0 amide bonds. The van der Waals surface area contributed by atoms with Crippen molar-refractivity contribution in [3.63, 3.8) is 0 Å². The maximum Gasteiger partial charge on any atom is 0.243 e. The van der Waals surface area contributed by atoms with Gasteiger partial charge in [0.25, 0.3) is 0 Å². The Kier molecular flexibility index (Phi) is 5.20. The van der Waals surface area contributed by atoms with E-state index in [1.165, 1.54) is 16.4 Å². The van der Waals surface area contributed by atoms with Crippen molar-refractivity contribution in [2.45, 2.75) is 18.7 Å². The molecule has 0 aliphatic heterocycles. The minimum Gasteiger partial charge on any atom is -0.355 e. The lowest BCUT2D eigenvalue weighted by molar-refractivity contribution is 0.445. The molecular formula is C19H20FN3O2S. The highest BCUT2D eigenvalue weighted by Crippen LogP contribution is 2.26. The van der Waals surface area contributed by atoms with Gasteiger partial charge in [0, 0.05) is 36.0 Å².